The molecule has 1 aromatic heterocycles. The summed E-state index contributed by atoms with van der Waals surface area (Å²) < 4.78 is 18.8. The molecule has 2 heterocycles. The fourth-order valence-corrected chi connectivity index (χ4v) is 5.46. The van der Waals surface area contributed by atoms with E-state index in [0.717, 1.165) is 65.8 Å². The van der Waals surface area contributed by atoms with Crippen molar-refractivity contribution in [2.24, 2.45) is 5.73 Å². The van der Waals surface area contributed by atoms with E-state index in [1.54, 1.807) is 6.07 Å². The molecule has 1 aliphatic rings. The van der Waals surface area contributed by atoms with Crippen LogP contribution in [0.4, 0.5) is 10.1 Å². The van der Waals surface area contributed by atoms with Crippen molar-refractivity contribution in [3.8, 4) is 11.1 Å². The van der Waals surface area contributed by atoms with Crippen LogP contribution in [0.2, 0.25) is 0 Å². The topological polar surface area (TPSA) is 100 Å². The van der Waals surface area contributed by atoms with Gasteiger partial charge in [0.2, 0.25) is 0 Å². The molecule has 2 amide bonds. The fourth-order valence-electron chi connectivity index (χ4n) is 5.46. The summed E-state index contributed by atoms with van der Waals surface area (Å²) in [5.41, 5.74) is 12.7. The van der Waals surface area contributed by atoms with Crippen LogP contribution in [0.15, 0.2) is 72.8 Å². The van der Waals surface area contributed by atoms with Crippen LogP contribution in [-0.2, 0) is 11.3 Å². The minimum absolute atomic E-state index is 0.325. The maximum absolute atomic E-state index is 13.3. The van der Waals surface area contributed by atoms with Gasteiger partial charge in [0.15, 0.2) is 0 Å². The fraction of sp³-hybridized carbons (Fsp3) is 0.188. The molecule has 0 unspecified atom stereocenters. The molecule has 5 aromatic rings. The maximum Gasteiger partial charge on any atom is 0.255 e. The minimum Gasteiger partial charge on any atom is -0.379 e. The smallest absolute Gasteiger partial charge is 0.255 e. The molecule has 6 rings (SSSR count). The third kappa shape index (κ3) is 4.83. The standard InChI is InChI=1S/C32H29FN4O3/c1-19-23(3-2-4-27(19)36-32(39)21-6-8-22(33)9-7-21)24-11-12-26(31(34)38)30-29(24)25-10-5-20(17-28(25)35-30)18-37-13-15-40-16-14-37/h2-12,17,35H,13-16,18H2,1H3,(H2,34,38)(H,36,39). The lowest BCUT2D eigenvalue weighted by Crippen LogP contribution is -2.35. The first-order valence-electron chi connectivity index (χ1n) is 13.2. The maximum atomic E-state index is 13.3. The van der Waals surface area contributed by atoms with Crippen LogP contribution in [0.5, 0.6) is 0 Å². The Morgan fingerprint density at radius 1 is 1.00 bits per heavy atom. The monoisotopic (exact) mass is 536 g/mol. The zero-order valence-electron chi connectivity index (χ0n) is 22.1. The minimum atomic E-state index is -0.506. The number of fused-ring (bicyclic) bond motifs is 3. The van der Waals surface area contributed by atoms with Gasteiger partial charge < -0.3 is 20.8 Å². The lowest BCUT2D eigenvalue weighted by molar-refractivity contribution is 0.0342. The highest BCUT2D eigenvalue weighted by Gasteiger charge is 2.20. The highest BCUT2D eigenvalue weighted by atomic mass is 19.1. The molecule has 202 valence electrons. The second-order valence-corrected chi connectivity index (χ2v) is 10.1. The van der Waals surface area contributed by atoms with Crippen LogP contribution in [0.25, 0.3) is 32.9 Å². The number of amides is 2. The number of nitrogens with two attached hydrogens (primary N) is 1. The zero-order chi connectivity index (χ0) is 27.8. The van der Waals surface area contributed by atoms with E-state index in [1.807, 2.05) is 31.2 Å². The van der Waals surface area contributed by atoms with Gasteiger partial charge in [0.25, 0.3) is 11.8 Å². The highest BCUT2D eigenvalue weighted by Crippen LogP contribution is 2.39. The van der Waals surface area contributed by atoms with Crippen molar-refractivity contribution in [3.05, 3.63) is 101 Å². The Kier molecular flexibility index (Phi) is 6.79. The van der Waals surface area contributed by atoms with E-state index in [0.29, 0.717) is 22.3 Å². The third-order valence-corrected chi connectivity index (χ3v) is 7.57. The number of ether oxygens (including phenoxy) is 1. The molecule has 0 aliphatic carbocycles. The van der Waals surface area contributed by atoms with Gasteiger partial charge in [-0.2, -0.15) is 0 Å². The highest BCUT2D eigenvalue weighted by molar-refractivity contribution is 6.20. The first-order valence-corrected chi connectivity index (χ1v) is 13.2. The largest absolute Gasteiger partial charge is 0.379 e. The van der Waals surface area contributed by atoms with Gasteiger partial charge in [0.05, 0.1) is 24.3 Å². The summed E-state index contributed by atoms with van der Waals surface area (Å²) in [6, 6.07) is 21.1. The van der Waals surface area contributed by atoms with Gasteiger partial charge in [-0.1, -0.05) is 30.3 Å². The average molecular weight is 537 g/mol. The van der Waals surface area contributed by atoms with Crippen molar-refractivity contribution >= 4 is 39.3 Å². The molecule has 0 bridgehead atoms. The lowest BCUT2D eigenvalue weighted by Gasteiger charge is -2.26. The summed E-state index contributed by atoms with van der Waals surface area (Å²) >= 11 is 0. The molecule has 1 saturated heterocycles. The van der Waals surface area contributed by atoms with Crippen molar-refractivity contribution < 1.29 is 18.7 Å². The number of benzene rings is 4. The number of aromatic amines is 1. The van der Waals surface area contributed by atoms with Crippen LogP contribution in [0, 0.1) is 12.7 Å². The van der Waals surface area contributed by atoms with Crippen LogP contribution in [0.3, 0.4) is 0 Å². The predicted molar refractivity (Wildman–Crippen MR) is 155 cm³/mol. The predicted octanol–water partition coefficient (Wildman–Crippen LogP) is 5.62. The van der Waals surface area contributed by atoms with Crippen LogP contribution in [-0.4, -0.2) is 48.0 Å². The van der Waals surface area contributed by atoms with E-state index in [4.69, 9.17) is 10.5 Å². The van der Waals surface area contributed by atoms with Crippen molar-refractivity contribution in [1.29, 1.82) is 0 Å². The molecule has 4 aromatic carbocycles. The molecular weight excluding hydrogens is 507 g/mol. The number of aromatic nitrogens is 1. The Morgan fingerprint density at radius 3 is 2.52 bits per heavy atom. The van der Waals surface area contributed by atoms with E-state index >= 15 is 0 Å². The summed E-state index contributed by atoms with van der Waals surface area (Å²) in [5.74, 6) is -1.23. The van der Waals surface area contributed by atoms with Gasteiger partial charge in [-0.25, -0.2) is 4.39 Å². The molecular formula is C32H29FN4O3. The molecule has 40 heavy (non-hydrogen) atoms. The number of carbonyl (C=O) groups is 2. The van der Waals surface area contributed by atoms with Crippen molar-refractivity contribution in [2.75, 3.05) is 31.6 Å². The molecule has 7 nitrogen and oxygen atoms in total. The Bertz CT molecular complexity index is 1750. The third-order valence-electron chi connectivity index (χ3n) is 7.57. The van der Waals surface area contributed by atoms with E-state index in [1.165, 1.54) is 29.8 Å². The number of morpholine rings is 1. The van der Waals surface area contributed by atoms with Crippen LogP contribution >= 0.6 is 0 Å². The number of nitrogens with one attached hydrogen (secondary N) is 2. The normalized spacial score (nSPS) is 14.1. The van der Waals surface area contributed by atoms with Gasteiger partial charge >= 0.3 is 0 Å². The first kappa shape index (κ1) is 25.7. The van der Waals surface area contributed by atoms with Crippen LogP contribution in [0.1, 0.15) is 31.8 Å². The quantitative estimate of drug-likeness (QED) is 0.262. The molecule has 0 saturated carbocycles. The summed E-state index contributed by atoms with van der Waals surface area (Å²) in [6.45, 7) is 6.03. The van der Waals surface area contributed by atoms with Gasteiger partial charge in [-0.3, -0.25) is 14.5 Å². The van der Waals surface area contributed by atoms with Crippen molar-refractivity contribution in [1.82, 2.24) is 9.88 Å². The number of nitrogens with zero attached hydrogens (tertiary/aromatic N) is 1. The van der Waals surface area contributed by atoms with Gasteiger partial charge in [-0.15, -0.1) is 0 Å². The Morgan fingerprint density at radius 2 is 1.77 bits per heavy atom. The molecule has 1 fully saturated rings. The molecule has 0 atom stereocenters. The number of H-pyrrole nitrogens is 1. The van der Waals surface area contributed by atoms with E-state index in [2.05, 4.69) is 33.4 Å². The number of halogens is 1. The summed E-state index contributed by atoms with van der Waals surface area (Å²) in [6.07, 6.45) is 0. The van der Waals surface area contributed by atoms with Gasteiger partial charge in [0.1, 0.15) is 5.82 Å². The van der Waals surface area contributed by atoms with Gasteiger partial charge in [0, 0.05) is 47.2 Å². The second kappa shape index (κ2) is 10.6. The zero-order valence-corrected chi connectivity index (χ0v) is 22.1. The Hall–Kier alpha value is -4.53. The van der Waals surface area contributed by atoms with Gasteiger partial charge in [-0.05, 0) is 71.6 Å². The van der Waals surface area contributed by atoms with E-state index in [9.17, 15) is 14.0 Å². The lowest BCUT2D eigenvalue weighted by atomic mass is 9.93. The Labute approximate surface area is 230 Å². The van der Waals surface area contributed by atoms with Crippen molar-refractivity contribution in [2.45, 2.75) is 13.5 Å². The molecule has 0 spiro atoms. The first-order chi connectivity index (χ1) is 19.4. The number of hydrogen-bond donors (Lipinski definition) is 3. The average Bonchev–Trinajstić information content (AvgIpc) is 3.33. The number of primary amides is 1. The van der Waals surface area contributed by atoms with E-state index < -0.39 is 11.7 Å². The van der Waals surface area contributed by atoms with E-state index in [-0.39, 0.29) is 5.91 Å². The number of rotatable bonds is 6. The molecule has 8 heteroatoms. The van der Waals surface area contributed by atoms with Crippen LogP contribution < -0.4 is 11.1 Å². The SMILES string of the molecule is Cc1c(NC(=O)c2ccc(F)cc2)cccc1-c1ccc(C(N)=O)c2[nH]c3cc(CN4CCOCC4)ccc3c12. The van der Waals surface area contributed by atoms with Crippen molar-refractivity contribution in [3.63, 3.8) is 0 Å². The molecule has 4 N–H and O–H groups in total. The molecule has 0 radical (unpaired) electrons. The number of anilines is 1. The second-order valence-electron chi connectivity index (χ2n) is 10.1. The number of carbonyl (C=O) groups excluding carboxylic acids is 2. The Balaban J connectivity index is 1.43. The molecule has 1 aliphatic heterocycles. The summed E-state index contributed by atoms with van der Waals surface area (Å²) in [7, 11) is 0. The number of hydrogen-bond acceptors (Lipinski definition) is 4. The summed E-state index contributed by atoms with van der Waals surface area (Å²) in [5, 5.41) is 4.84. The summed E-state index contributed by atoms with van der Waals surface area (Å²) in [4.78, 5) is 31.1.